The maximum atomic E-state index is 13.0. The summed E-state index contributed by atoms with van der Waals surface area (Å²) in [5.74, 6) is 0.578. The monoisotopic (exact) mass is 432 g/mol. The van der Waals surface area contributed by atoms with Crippen molar-refractivity contribution in [1.29, 1.82) is 0 Å². The van der Waals surface area contributed by atoms with E-state index < -0.39 is 0 Å². The normalized spacial score (nSPS) is 13.5. The van der Waals surface area contributed by atoms with Crippen molar-refractivity contribution in [3.63, 3.8) is 0 Å². The molecule has 1 aliphatic carbocycles. The molecule has 7 heteroatoms. The third kappa shape index (κ3) is 4.66. The third-order valence-electron chi connectivity index (χ3n) is 5.35. The standard InChI is InChI=1S/C25H28N4O3/c1-25(2,3)29-21(15-20(28-29)16-9-10-16)24(31)26-18-13-11-17(12-14-18)23(30)27-19-7-5-6-8-22(19)32-4/h5-8,11-16H,9-10H2,1-4H3,(H,26,31)(H,27,30). The number of ether oxygens (including phenoxy) is 1. The zero-order chi connectivity index (χ0) is 22.9. The van der Waals surface area contributed by atoms with Gasteiger partial charge in [0.15, 0.2) is 0 Å². The number of carbonyl (C=O) groups is 2. The van der Waals surface area contributed by atoms with Gasteiger partial charge in [0.25, 0.3) is 11.8 Å². The van der Waals surface area contributed by atoms with E-state index in [0.29, 0.717) is 34.3 Å². The number of nitrogens with one attached hydrogen (secondary N) is 2. The molecule has 32 heavy (non-hydrogen) atoms. The first kappa shape index (κ1) is 21.6. The lowest BCUT2D eigenvalue weighted by Crippen LogP contribution is -2.29. The second-order valence-corrected chi connectivity index (χ2v) is 9.00. The molecular formula is C25H28N4O3. The summed E-state index contributed by atoms with van der Waals surface area (Å²) < 4.78 is 7.07. The highest BCUT2D eigenvalue weighted by molar-refractivity contribution is 6.06. The molecule has 2 aromatic carbocycles. The molecule has 0 bridgehead atoms. The van der Waals surface area contributed by atoms with Gasteiger partial charge in [-0.1, -0.05) is 12.1 Å². The largest absolute Gasteiger partial charge is 0.495 e. The third-order valence-corrected chi connectivity index (χ3v) is 5.35. The van der Waals surface area contributed by atoms with Crippen molar-refractivity contribution in [1.82, 2.24) is 9.78 Å². The highest BCUT2D eigenvalue weighted by Gasteiger charge is 2.31. The number of benzene rings is 2. The first-order chi connectivity index (χ1) is 15.3. The van der Waals surface area contributed by atoms with Gasteiger partial charge in [0, 0.05) is 17.2 Å². The summed E-state index contributed by atoms with van der Waals surface area (Å²) in [6.07, 6.45) is 2.25. The summed E-state index contributed by atoms with van der Waals surface area (Å²) in [7, 11) is 1.56. The van der Waals surface area contributed by atoms with Crippen molar-refractivity contribution >= 4 is 23.2 Å². The van der Waals surface area contributed by atoms with Gasteiger partial charge in [0.1, 0.15) is 11.4 Å². The van der Waals surface area contributed by atoms with Gasteiger partial charge in [-0.15, -0.1) is 0 Å². The van der Waals surface area contributed by atoms with Crippen molar-refractivity contribution in [3.8, 4) is 5.75 Å². The van der Waals surface area contributed by atoms with Gasteiger partial charge in [-0.3, -0.25) is 14.3 Å². The van der Waals surface area contributed by atoms with Gasteiger partial charge in [0.2, 0.25) is 0 Å². The van der Waals surface area contributed by atoms with Gasteiger partial charge in [0.05, 0.1) is 24.0 Å². The molecule has 2 amide bonds. The smallest absolute Gasteiger partial charge is 0.273 e. The van der Waals surface area contributed by atoms with E-state index in [0.717, 1.165) is 18.5 Å². The number of hydrogen-bond donors (Lipinski definition) is 2. The number of methoxy groups -OCH3 is 1. The number of amides is 2. The van der Waals surface area contributed by atoms with Gasteiger partial charge in [-0.25, -0.2) is 0 Å². The molecule has 0 radical (unpaired) electrons. The zero-order valence-electron chi connectivity index (χ0n) is 18.8. The average Bonchev–Trinajstić information content (AvgIpc) is 3.51. The van der Waals surface area contributed by atoms with Crippen molar-refractivity contribution in [2.24, 2.45) is 0 Å². The van der Waals surface area contributed by atoms with Gasteiger partial charge < -0.3 is 15.4 Å². The van der Waals surface area contributed by atoms with Crippen molar-refractivity contribution in [2.45, 2.75) is 45.1 Å². The molecule has 166 valence electrons. The molecule has 1 fully saturated rings. The van der Waals surface area contributed by atoms with Crippen LogP contribution in [0.3, 0.4) is 0 Å². The van der Waals surface area contributed by atoms with E-state index in [2.05, 4.69) is 10.6 Å². The summed E-state index contributed by atoms with van der Waals surface area (Å²) in [6, 6.07) is 15.9. The molecule has 1 heterocycles. The van der Waals surface area contributed by atoms with Gasteiger partial charge in [-0.05, 0) is 76.1 Å². The van der Waals surface area contributed by atoms with Crippen LogP contribution < -0.4 is 15.4 Å². The molecule has 0 spiro atoms. The average molecular weight is 433 g/mol. The molecule has 4 rings (SSSR count). The maximum Gasteiger partial charge on any atom is 0.273 e. The minimum atomic E-state index is -0.305. The van der Waals surface area contributed by atoms with Crippen LogP contribution in [0.5, 0.6) is 5.75 Å². The van der Waals surface area contributed by atoms with Gasteiger partial charge in [-0.2, -0.15) is 5.10 Å². The Labute approximate surface area is 187 Å². The molecule has 0 atom stereocenters. The predicted octanol–water partition coefficient (Wildman–Crippen LogP) is 5.03. The Kier molecular flexibility index (Phi) is 5.74. The number of hydrogen-bond acceptors (Lipinski definition) is 4. The van der Waals surface area contributed by atoms with Gasteiger partial charge >= 0.3 is 0 Å². The lowest BCUT2D eigenvalue weighted by atomic mass is 10.1. The first-order valence-corrected chi connectivity index (χ1v) is 10.7. The molecule has 0 unspecified atom stereocenters. The van der Waals surface area contributed by atoms with E-state index in [4.69, 9.17) is 9.84 Å². The summed E-state index contributed by atoms with van der Waals surface area (Å²) in [6.45, 7) is 6.09. The van der Waals surface area contributed by atoms with Crippen LogP contribution >= 0.6 is 0 Å². The quantitative estimate of drug-likeness (QED) is 0.572. The number of rotatable bonds is 6. The number of anilines is 2. The van der Waals surface area contributed by atoms with Crippen LogP contribution in [0, 0.1) is 0 Å². The Balaban J connectivity index is 1.47. The molecule has 1 saturated carbocycles. The number of para-hydroxylation sites is 2. The fourth-order valence-corrected chi connectivity index (χ4v) is 3.49. The van der Waals surface area contributed by atoms with E-state index >= 15 is 0 Å². The molecular weight excluding hydrogens is 404 g/mol. The van der Waals surface area contributed by atoms with Crippen molar-refractivity contribution in [3.05, 3.63) is 71.5 Å². The Morgan fingerprint density at radius 3 is 2.31 bits per heavy atom. The lowest BCUT2D eigenvalue weighted by Gasteiger charge is -2.22. The predicted molar refractivity (Wildman–Crippen MR) is 125 cm³/mol. The van der Waals surface area contributed by atoms with Crippen LogP contribution in [-0.2, 0) is 5.54 Å². The zero-order valence-corrected chi connectivity index (χ0v) is 18.8. The van der Waals surface area contributed by atoms with Crippen LogP contribution in [0.1, 0.15) is 66.1 Å². The SMILES string of the molecule is COc1ccccc1NC(=O)c1ccc(NC(=O)c2cc(C3CC3)nn2C(C)(C)C)cc1. The van der Waals surface area contributed by atoms with E-state index in [-0.39, 0.29) is 17.4 Å². The van der Waals surface area contributed by atoms with Crippen LogP contribution in [0.2, 0.25) is 0 Å². The second-order valence-electron chi connectivity index (χ2n) is 9.00. The summed E-state index contributed by atoms with van der Waals surface area (Å²) in [5.41, 5.74) is 2.90. The summed E-state index contributed by atoms with van der Waals surface area (Å²) >= 11 is 0. The molecule has 3 aromatic rings. The van der Waals surface area contributed by atoms with Crippen LogP contribution in [0.15, 0.2) is 54.6 Å². The first-order valence-electron chi connectivity index (χ1n) is 10.7. The number of nitrogens with zero attached hydrogens (tertiary/aromatic N) is 2. The van der Waals surface area contributed by atoms with Crippen molar-refractivity contribution < 1.29 is 14.3 Å². The molecule has 0 saturated heterocycles. The Hall–Kier alpha value is -3.61. The second kappa shape index (κ2) is 8.49. The molecule has 1 aromatic heterocycles. The molecule has 2 N–H and O–H groups in total. The number of aromatic nitrogens is 2. The summed E-state index contributed by atoms with van der Waals surface area (Å²) in [5, 5.41) is 10.5. The van der Waals surface area contributed by atoms with E-state index in [1.807, 2.05) is 39.0 Å². The van der Waals surface area contributed by atoms with E-state index in [1.165, 1.54) is 0 Å². The van der Waals surface area contributed by atoms with E-state index in [1.54, 1.807) is 48.2 Å². The van der Waals surface area contributed by atoms with Crippen LogP contribution in [-0.4, -0.2) is 28.7 Å². The maximum absolute atomic E-state index is 13.0. The highest BCUT2D eigenvalue weighted by atomic mass is 16.5. The summed E-state index contributed by atoms with van der Waals surface area (Å²) in [4.78, 5) is 25.6. The Bertz CT molecular complexity index is 1140. The fourth-order valence-electron chi connectivity index (χ4n) is 3.49. The minimum absolute atomic E-state index is 0.217. The van der Waals surface area contributed by atoms with Crippen molar-refractivity contribution in [2.75, 3.05) is 17.7 Å². The molecule has 7 nitrogen and oxygen atoms in total. The highest BCUT2D eigenvalue weighted by Crippen LogP contribution is 2.40. The topological polar surface area (TPSA) is 85.2 Å². The van der Waals surface area contributed by atoms with Crippen LogP contribution in [0.25, 0.3) is 0 Å². The minimum Gasteiger partial charge on any atom is -0.495 e. The molecule has 1 aliphatic rings. The number of carbonyl (C=O) groups excluding carboxylic acids is 2. The Morgan fingerprint density at radius 2 is 1.69 bits per heavy atom. The fraction of sp³-hybridized carbons (Fsp3) is 0.320. The molecule has 0 aliphatic heterocycles. The lowest BCUT2D eigenvalue weighted by molar-refractivity contribution is 0.100. The van der Waals surface area contributed by atoms with Crippen LogP contribution in [0.4, 0.5) is 11.4 Å². The Morgan fingerprint density at radius 1 is 1.00 bits per heavy atom. The van der Waals surface area contributed by atoms with E-state index in [9.17, 15) is 9.59 Å².